The fraction of sp³-hybridized carbons (Fsp3) is 0.333. The third-order valence-corrected chi connectivity index (χ3v) is 3.49. The van der Waals surface area contributed by atoms with Crippen LogP contribution in [0, 0.1) is 10.1 Å². The quantitative estimate of drug-likeness (QED) is 0.368. The number of ether oxygens (including phenoxy) is 1. The van der Waals surface area contributed by atoms with Crippen LogP contribution in [-0.2, 0) is 14.3 Å². The number of nitro groups is 1. The molecule has 0 spiro atoms. The average molecular weight is 298 g/mol. The normalized spacial score (nSPS) is 11.5. The maximum Gasteiger partial charge on any atom is 0.329 e. The maximum atomic E-state index is 11.5. The molecule has 0 bridgehead atoms. The molecule has 1 aromatic rings. The minimum Gasteiger partial charge on any atom is -0.467 e. The molecular weight excluding hydrogens is 284 g/mol. The number of para-hydroxylation sites is 1. The standard InChI is InChI=1S/C12H14N2O5S/c1-8(15)13-9(12(16)19-2)7-20-11-6-4-3-5-10(11)14(17)18/h3-6,9H,7H2,1-2H3,(H,13,15). The first-order chi connectivity index (χ1) is 9.45. The molecule has 0 heterocycles. The van der Waals surface area contributed by atoms with Crippen molar-refractivity contribution < 1.29 is 19.2 Å². The topological polar surface area (TPSA) is 98.5 Å². The van der Waals surface area contributed by atoms with E-state index in [1.807, 2.05) is 0 Å². The zero-order valence-electron chi connectivity index (χ0n) is 11.0. The van der Waals surface area contributed by atoms with Gasteiger partial charge in [-0.15, -0.1) is 11.8 Å². The molecule has 1 rings (SSSR count). The van der Waals surface area contributed by atoms with Crippen molar-refractivity contribution in [1.82, 2.24) is 5.32 Å². The van der Waals surface area contributed by atoms with Gasteiger partial charge in [0, 0.05) is 18.7 Å². The minimum absolute atomic E-state index is 0.0380. The van der Waals surface area contributed by atoms with Crippen LogP contribution in [-0.4, -0.2) is 35.7 Å². The molecule has 0 radical (unpaired) electrons. The summed E-state index contributed by atoms with van der Waals surface area (Å²) < 4.78 is 4.58. The Morgan fingerprint density at radius 2 is 2.10 bits per heavy atom. The molecule has 1 aromatic carbocycles. The van der Waals surface area contributed by atoms with Crippen molar-refractivity contribution in [2.75, 3.05) is 12.9 Å². The smallest absolute Gasteiger partial charge is 0.329 e. The van der Waals surface area contributed by atoms with Crippen LogP contribution in [0.4, 0.5) is 5.69 Å². The molecular formula is C12H14N2O5S. The van der Waals surface area contributed by atoms with Crippen LogP contribution < -0.4 is 5.32 Å². The van der Waals surface area contributed by atoms with Gasteiger partial charge in [-0.05, 0) is 6.07 Å². The highest BCUT2D eigenvalue weighted by Gasteiger charge is 2.22. The summed E-state index contributed by atoms with van der Waals surface area (Å²) >= 11 is 1.11. The van der Waals surface area contributed by atoms with E-state index in [1.165, 1.54) is 20.1 Å². The molecule has 0 saturated carbocycles. The van der Waals surface area contributed by atoms with Crippen molar-refractivity contribution in [3.8, 4) is 0 Å². The van der Waals surface area contributed by atoms with Gasteiger partial charge in [0.25, 0.3) is 5.69 Å². The number of hydrogen-bond donors (Lipinski definition) is 1. The van der Waals surface area contributed by atoms with Gasteiger partial charge in [-0.3, -0.25) is 14.9 Å². The number of rotatable bonds is 6. The predicted octanol–water partition coefficient (Wildman–Crippen LogP) is 1.36. The first-order valence-corrected chi connectivity index (χ1v) is 6.65. The number of esters is 1. The summed E-state index contributed by atoms with van der Waals surface area (Å²) in [5.41, 5.74) is -0.0380. The summed E-state index contributed by atoms with van der Waals surface area (Å²) in [6.45, 7) is 1.28. The Labute approximate surface area is 119 Å². The van der Waals surface area contributed by atoms with E-state index in [2.05, 4.69) is 10.1 Å². The van der Waals surface area contributed by atoms with Gasteiger partial charge >= 0.3 is 5.97 Å². The summed E-state index contributed by atoms with van der Waals surface area (Å²) in [5, 5.41) is 13.3. The lowest BCUT2D eigenvalue weighted by Gasteiger charge is -2.14. The number of methoxy groups -OCH3 is 1. The zero-order chi connectivity index (χ0) is 15.1. The van der Waals surface area contributed by atoms with Gasteiger partial charge in [0.1, 0.15) is 6.04 Å². The van der Waals surface area contributed by atoms with Crippen molar-refractivity contribution in [2.45, 2.75) is 17.9 Å². The second-order valence-electron chi connectivity index (χ2n) is 3.81. The lowest BCUT2D eigenvalue weighted by Crippen LogP contribution is -2.42. The Kier molecular flexibility index (Phi) is 5.98. The minimum atomic E-state index is -0.845. The van der Waals surface area contributed by atoms with Gasteiger partial charge in [0.2, 0.25) is 5.91 Å². The molecule has 8 heteroatoms. The number of thioether (sulfide) groups is 1. The molecule has 0 aromatic heterocycles. The van der Waals surface area contributed by atoms with E-state index >= 15 is 0 Å². The monoisotopic (exact) mass is 298 g/mol. The zero-order valence-corrected chi connectivity index (χ0v) is 11.8. The van der Waals surface area contributed by atoms with E-state index in [-0.39, 0.29) is 17.3 Å². The summed E-state index contributed by atoms with van der Waals surface area (Å²) in [4.78, 5) is 33.3. The van der Waals surface area contributed by atoms with Crippen LogP contribution in [0.1, 0.15) is 6.92 Å². The Balaban J connectivity index is 2.79. The molecule has 1 amide bonds. The summed E-state index contributed by atoms with van der Waals surface area (Å²) in [5.74, 6) is -0.813. The van der Waals surface area contributed by atoms with Gasteiger partial charge < -0.3 is 10.1 Å². The van der Waals surface area contributed by atoms with E-state index in [9.17, 15) is 19.7 Å². The largest absolute Gasteiger partial charge is 0.467 e. The lowest BCUT2D eigenvalue weighted by atomic mass is 10.3. The molecule has 108 valence electrons. The molecule has 0 fully saturated rings. The Hall–Kier alpha value is -2.09. The van der Waals surface area contributed by atoms with E-state index in [4.69, 9.17) is 0 Å². The molecule has 7 nitrogen and oxygen atoms in total. The number of amides is 1. The molecule has 1 unspecified atom stereocenters. The maximum absolute atomic E-state index is 11.5. The molecule has 0 saturated heterocycles. The average Bonchev–Trinajstić information content (AvgIpc) is 2.42. The van der Waals surface area contributed by atoms with Crippen molar-refractivity contribution in [3.05, 3.63) is 34.4 Å². The van der Waals surface area contributed by atoms with Crippen molar-refractivity contribution in [3.63, 3.8) is 0 Å². The van der Waals surface area contributed by atoms with Crippen molar-refractivity contribution in [1.29, 1.82) is 0 Å². The van der Waals surface area contributed by atoms with Gasteiger partial charge in [-0.25, -0.2) is 4.79 Å². The number of benzene rings is 1. The highest BCUT2D eigenvalue weighted by Crippen LogP contribution is 2.29. The fourth-order valence-electron chi connectivity index (χ4n) is 1.46. The summed E-state index contributed by atoms with van der Waals surface area (Å²) in [7, 11) is 1.22. The number of hydrogen-bond acceptors (Lipinski definition) is 6. The molecule has 0 aliphatic rings. The van der Waals surface area contributed by atoms with Crippen LogP contribution in [0.2, 0.25) is 0 Å². The molecule has 1 atom stereocenters. The van der Waals surface area contributed by atoms with Crippen molar-refractivity contribution in [2.24, 2.45) is 0 Å². The van der Waals surface area contributed by atoms with Crippen LogP contribution in [0.15, 0.2) is 29.2 Å². The number of carbonyl (C=O) groups excluding carboxylic acids is 2. The van der Waals surface area contributed by atoms with Crippen LogP contribution in [0.3, 0.4) is 0 Å². The SMILES string of the molecule is COC(=O)C(CSc1ccccc1[N+](=O)[O-])NC(C)=O. The first kappa shape index (κ1) is 16.0. The van der Waals surface area contributed by atoms with E-state index in [0.29, 0.717) is 4.90 Å². The predicted molar refractivity (Wildman–Crippen MR) is 73.4 cm³/mol. The number of nitrogens with zero attached hydrogens (tertiary/aromatic N) is 1. The van der Waals surface area contributed by atoms with E-state index < -0.39 is 16.9 Å². The molecule has 20 heavy (non-hydrogen) atoms. The number of nitrogens with one attached hydrogen (secondary N) is 1. The van der Waals surface area contributed by atoms with E-state index in [0.717, 1.165) is 11.8 Å². The van der Waals surface area contributed by atoms with Gasteiger partial charge in [-0.1, -0.05) is 12.1 Å². The first-order valence-electron chi connectivity index (χ1n) is 5.67. The lowest BCUT2D eigenvalue weighted by molar-refractivity contribution is -0.387. The van der Waals surface area contributed by atoms with E-state index in [1.54, 1.807) is 18.2 Å². The number of nitro benzene ring substituents is 1. The Morgan fingerprint density at radius 3 is 2.65 bits per heavy atom. The highest BCUT2D eigenvalue weighted by molar-refractivity contribution is 7.99. The van der Waals surface area contributed by atoms with Gasteiger partial charge in [0.15, 0.2) is 0 Å². The fourth-order valence-corrected chi connectivity index (χ4v) is 2.49. The molecule has 0 aliphatic heterocycles. The van der Waals surface area contributed by atoms with Crippen molar-refractivity contribution >= 4 is 29.3 Å². The summed E-state index contributed by atoms with van der Waals surface area (Å²) in [6.07, 6.45) is 0. The Bertz CT molecular complexity index is 520. The third kappa shape index (κ3) is 4.54. The van der Waals surface area contributed by atoms with Crippen LogP contribution in [0.25, 0.3) is 0 Å². The molecule has 0 aliphatic carbocycles. The second-order valence-corrected chi connectivity index (χ2v) is 4.87. The van der Waals surface area contributed by atoms with Gasteiger partial charge in [-0.2, -0.15) is 0 Å². The number of carbonyl (C=O) groups is 2. The highest BCUT2D eigenvalue weighted by atomic mass is 32.2. The molecule has 1 N–H and O–H groups in total. The Morgan fingerprint density at radius 1 is 1.45 bits per heavy atom. The summed E-state index contributed by atoms with van der Waals surface area (Å²) in [6, 6.07) is 5.36. The van der Waals surface area contributed by atoms with Gasteiger partial charge in [0.05, 0.1) is 16.9 Å². The third-order valence-electron chi connectivity index (χ3n) is 2.33. The van der Waals surface area contributed by atoms with Crippen LogP contribution >= 0.6 is 11.8 Å². The van der Waals surface area contributed by atoms with Crippen LogP contribution in [0.5, 0.6) is 0 Å². The second kappa shape index (κ2) is 7.49.